The van der Waals surface area contributed by atoms with Crippen molar-refractivity contribution in [3.05, 3.63) is 45.1 Å². The van der Waals surface area contributed by atoms with E-state index in [2.05, 4.69) is 37.0 Å². The van der Waals surface area contributed by atoms with Gasteiger partial charge >= 0.3 is 0 Å². The van der Waals surface area contributed by atoms with Gasteiger partial charge in [0.1, 0.15) is 0 Å². The predicted molar refractivity (Wildman–Crippen MR) is 63.7 cm³/mol. The normalized spacial score (nSPS) is 10.5. The predicted octanol–water partition coefficient (Wildman–Crippen LogP) is 3.71. The highest BCUT2D eigenvalue weighted by Gasteiger charge is 2.02. The molecule has 2 nitrogen and oxygen atoms in total. The Bertz CT molecular complexity index is 426. The van der Waals surface area contributed by atoms with E-state index in [1.165, 1.54) is 0 Å². The van der Waals surface area contributed by atoms with Gasteiger partial charge < -0.3 is 0 Å². The van der Waals surface area contributed by atoms with Gasteiger partial charge in [0.05, 0.1) is 15.9 Å². The molecule has 1 aromatic heterocycles. The second-order valence-electron chi connectivity index (χ2n) is 2.98. The van der Waals surface area contributed by atoms with Crippen LogP contribution in [0.5, 0.6) is 0 Å². The van der Waals surface area contributed by atoms with Gasteiger partial charge in [-0.05, 0) is 47.1 Å². The van der Waals surface area contributed by atoms with Crippen molar-refractivity contribution >= 4 is 31.9 Å². The maximum Gasteiger partial charge on any atom is 0.0740 e. The Kier molecular flexibility index (Phi) is 2.74. The van der Waals surface area contributed by atoms with Gasteiger partial charge in [-0.3, -0.25) is 0 Å². The minimum Gasteiger partial charge on any atom is -0.240 e. The van der Waals surface area contributed by atoms with E-state index in [0.717, 1.165) is 20.3 Å². The lowest BCUT2D eigenvalue weighted by molar-refractivity contribution is 0.862. The van der Waals surface area contributed by atoms with Gasteiger partial charge in [-0.15, -0.1) is 0 Å². The summed E-state index contributed by atoms with van der Waals surface area (Å²) in [7, 11) is 0. The molecular weight excluding hydrogens is 308 g/mol. The minimum atomic E-state index is 0.993. The molecule has 0 N–H and O–H groups in total. The molecule has 0 atom stereocenters. The first-order valence-corrected chi connectivity index (χ1v) is 5.73. The van der Waals surface area contributed by atoms with Crippen LogP contribution < -0.4 is 0 Å². The topological polar surface area (TPSA) is 17.8 Å². The summed E-state index contributed by atoms with van der Waals surface area (Å²) in [4.78, 5) is 0. The molecule has 2 rings (SSSR count). The van der Waals surface area contributed by atoms with Gasteiger partial charge in [-0.1, -0.05) is 15.9 Å². The number of hydrogen-bond donors (Lipinski definition) is 0. The van der Waals surface area contributed by atoms with E-state index in [1.54, 1.807) is 0 Å². The van der Waals surface area contributed by atoms with Crippen molar-refractivity contribution in [2.45, 2.75) is 6.92 Å². The van der Waals surface area contributed by atoms with Crippen LogP contribution in [0.25, 0.3) is 5.69 Å². The van der Waals surface area contributed by atoms with Crippen LogP contribution in [0, 0.1) is 6.92 Å². The summed E-state index contributed by atoms with van der Waals surface area (Å²) in [5, 5.41) is 4.36. The van der Waals surface area contributed by atoms with Crippen molar-refractivity contribution in [3.63, 3.8) is 0 Å². The molecule has 0 aliphatic heterocycles. The van der Waals surface area contributed by atoms with Crippen molar-refractivity contribution in [2.75, 3.05) is 0 Å². The van der Waals surface area contributed by atoms with Crippen LogP contribution in [0.3, 0.4) is 0 Å². The molecule has 72 valence electrons. The Labute approximate surface area is 99.2 Å². The van der Waals surface area contributed by atoms with E-state index in [1.807, 2.05) is 42.1 Å². The molecule has 0 fully saturated rings. The first kappa shape index (κ1) is 9.93. The van der Waals surface area contributed by atoms with E-state index in [0.29, 0.717) is 0 Å². The van der Waals surface area contributed by atoms with Crippen LogP contribution in [0.4, 0.5) is 0 Å². The lowest BCUT2D eigenvalue weighted by atomic mass is 10.3. The molecule has 14 heavy (non-hydrogen) atoms. The fourth-order valence-corrected chi connectivity index (χ4v) is 1.70. The van der Waals surface area contributed by atoms with Gasteiger partial charge in [0, 0.05) is 10.7 Å². The van der Waals surface area contributed by atoms with Gasteiger partial charge in [0.25, 0.3) is 0 Å². The molecule has 1 aromatic carbocycles. The number of rotatable bonds is 1. The Hall–Kier alpha value is -0.610. The van der Waals surface area contributed by atoms with Crippen LogP contribution in [0.15, 0.2) is 39.4 Å². The molecule has 0 radical (unpaired) electrons. The van der Waals surface area contributed by atoms with Crippen LogP contribution in [0.1, 0.15) is 5.69 Å². The van der Waals surface area contributed by atoms with Gasteiger partial charge in [-0.25, -0.2) is 4.68 Å². The fraction of sp³-hybridized carbons (Fsp3) is 0.100. The zero-order valence-electron chi connectivity index (χ0n) is 7.54. The molecule has 0 saturated heterocycles. The van der Waals surface area contributed by atoms with Crippen LogP contribution in [-0.2, 0) is 0 Å². The molecule has 2 aromatic rings. The van der Waals surface area contributed by atoms with Crippen LogP contribution >= 0.6 is 31.9 Å². The Morgan fingerprint density at radius 1 is 1.14 bits per heavy atom. The molecule has 0 saturated carbocycles. The zero-order chi connectivity index (χ0) is 10.1. The monoisotopic (exact) mass is 314 g/mol. The number of benzene rings is 1. The maximum absolute atomic E-state index is 4.36. The van der Waals surface area contributed by atoms with E-state index in [-0.39, 0.29) is 0 Å². The number of aromatic nitrogens is 2. The first-order chi connectivity index (χ1) is 6.66. The third-order valence-electron chi connectivity index (χ3n) is 1.93. The third kappa shape index (κ3) is 1.91. The Balaban J connectivity index is 2.44. The highest BCUT2D eigenvalue weighted by Crippen LogP contribution is 2.18. The average Bonchev–Trinajstić information content (AvgIpc) is 2.48. The molecular formula is C10H8Br2N2. The summed E-state index contributed by atoms with van der Waals surface area (Å²) in [6.45, 7) is 1.97. The smallest absolute Gasteiger partial charge is 0.0740 e. The highest BCUT2D eigenvalue weighted by molar-refractivity contribution is 9.10. The summed E-state index contributed by atoms with van der Waals surface area (Å²) in [6, 6.07) is 8.03. The molecule has 0 bridgehead atoms. The van der Waals surface area contributed by atoms with Crippen molar-refractivity contribution in [1.29, 1.82) is 0 Å². The maximum atomic E-state index is 4.36. The summed E-state index contributed by atoms with van der Waals surface area (Å²) < 4.78 is 3.95. The Morgan fingerprint density at radius 2 is 1.79 bits per heavy atom. The van der Waals surface area contributed by atoms with Crippen LogP contribution in [-0.4, -0.2) is 9.78 Å². The van der Waals surface area contributed by atoms with E-state index >= 15 is 0 Å². The zero-order valence-corrected chi connectivity index (χ0v) is 10.7. The van der Waals surface area contributed by atoms with Gasteiger partial charge in [0.2, 0.25) is 0 Å². The number of aryl methyl sites for hydroxylation is 1. The van der Waals surface area contributed by atoms with Crippen LogP contribution in [0.2, 0.25) is 0 Å². The van der Waals surface area contributed by atoms with Gasteiger partial charge in [0.15, 0.2) is 0 Å². The summed E-state index contributed by atoms with van der Waals surface area (Å²) >= 11 is 6.83. The molecule has 0 aliphatic rings. The van der Waals surface area contributed by atoms with Crippen molar-refractivity contribution in [3.8, 4) is 5.69 Å². The average molecular weight is 316 g/mol. The number of hydrogen-bond acceptors (Lipinski definition) is 1. The summed E-state index contributed by atoms with van der Waals surface area (Å²) in [5.74, 6) is 0. The highest BCUT2D eigenvalue weighted by atomic mass is 79.9. The second-order valence-corrected chi connectivity index (χ2v) is 4.75. The molecule has 0 spiro atoms. The molecule has 1 heterocycles. The van der Waals surface area contributed by atoms with E-state index in [9.17, 15) is 0 Å². The minimum absolute atomic E-state index is 0.993. The first-order valence-electron chi connectivity index (χ1n) is 4.14. The second kappa shape index (κ2) is 3.87. The Morgan fingerprint density at radius 3 is 2.29 bits per heavy atom. The third-order valence-corrected chi connectivity index (χ3v) is 3.24. The largest absolute Gasteiger partial charge is 0.240 e. The van der Waals surface area contributed by atoms with Gasteiger partial charge in [-0.2, -0.15) is 5.10 Å². The quantitative estimate of drug-likeness (QED) is 0.784. The molecule has 4 heteroatoms. The van der Waals surface area contributed by atoms with Crippen molar-refractivity contribution < 1.29 is 0 Å². The lowest BCUT2D eigenvalue weighted by Crippen LogP contribution is -1.93. The SMILES string of the molecule is Cc1nn(-c2ccc(Br)cc2)cc1Br. The number of nitrogens with zero attached hydrogens (tertiary/aromatic N) is 2. The lowest BCUT2D eigenvalue weighted by Gasteiger charge is -1.99. The van der Waals surface area contributed by atoms with Crippen molar-refractivity contribution in [2.24, 2.45) is 0 Å². The summed E-state index contributed by atoms with van der Waals surface area (Å²) in [6.07, 6.45) is 1.96. The molecule has 0 unspecified atom stereocenters. The number of halogens is 2. The van der Waals surface area contributed by atoms with Crippen molar-refractivity contribution in [1.82, 2.24) is 9.78 Å². The standard InChI is InChI=1S/C10H8Br2N2/c1-7-10(12)6-14(13-7)9-4-2-8(11)3-5-9/h2-6H,1H3. The molecule has 0 aliphatic carbocycles. The summed E-state index contributed by atoms with van der Waals surface area (Å²) in [5.41, 5.74) is 2.05. The van der Waals surface area contributed by atoms with E-state index < -0.39 is 0 Å². The van der Waals surface area contributed by atoms with E-state index in [4.69, 9.17) is 0 Å². The fourth-order valence-electron chi connectivity index (χ4n) is 1.17. The molecule has 0 amide bonds.